The summed E-state index contributed by atoms with van der Waals surface area (Å²) in [5, 5.41) is 13.3. The summed E-state index contributed by atoms with van der Waals surface area (Å²) >= 11 is 0. The molecule has 2 N–H and O–H groups in total. The average Bonchev–Trinajstić information content (AvgIpc) is 2.87. The lowest BCUT2D eigenvalue weighted by Gasteiger charge is -2.43. The summed E-state index contributed by atoms with van der Waals surface area (Å²) < 4.78 is 5.63. The van der Waals surface area contributed by atoms with Crippen LogP contribution in [0.3, 0.4) is 0 Å². The Kier molecular flexibility index (Phi) is 6.74. The van der Waals surface area contributed by atoms with Crippen molar-refractivity contribution in [1.29, 1.82) is 0 Å². The lowest BCUT2D eigenvalue weighted by atomic mass is 9.64. The quantitative estimate of drug-likeness (QED) is 0.618. The molecule has 170 valence electrons. The number of nitrogens with zero attached hydrogens (tertiary/aromatic N) is 1. The molecule has 0 aromatic heterocycles. The van der Waals surface area contributed by atoms with Crippen molar-refractivity contribution in [1.82, 2.24) is 10.2 Å². The molecule has 0 bridgehead atoms. The predicted octanol–water partition coefficient (Wildman–Crippen LogP) is 3.08. The Balaban J connectivity index is 1.54. The zero-order valence-electron chi connectivity index (χ0n) is 18.9. The molecule has 7 nitrogen and oxygen atoms in total. The number of benzene rings is 1. The topological polar surface area (TPSA) is 95.9 Å². The number of rotatable bonds is 8. The molecule has 2 fully saturated rings. The van der Waals surface area contributed by atoms with Crippen LogP contribution in [0.5, 0.6) is 5.75 Å². The number of Topliss-reactive ketones (excluding diaryl/α,β-unsaturated/α-hetero) is 1. The van der Waals surface area contributed by atoms with Gasteiger partial charge in [-0.2, -0.15) is 0 Å². The normalized spacial score (nSPS) is 26.1. The minimum Gasteiger partial charge on any atom is -0.491 e. The fourth-order valence-corrected chi connectivity index (χ4v) is 5.20. The van der Waals surface area contributed by atoms with Crippen LogP contribution in [-0.4, -0.2) is 52.5 Å². The van der Waals surface area contributed by atoms with E-state index in [9.17, 15) is 19.5 Å². The first-order chi connectivity index (χ1) is 14.5. The number of carbonyl (C=O) groups excluding carboxylic acids is 3. The average molecular weight is 431 g/mol. The lowest BCUT2D eigenvalue weighted by molar-refractivity contribution is -0.135. The number of aliphatic hydroxyl groups excluding tert-OH is 1. The summed E-state index contributed by atoms with van der Waals surface area (Å²) in [5.41, 5.74) is 0.140. The van der Waals surface area contributed by atoms with Gasteiger partial charge in [0.2, 0.25) is 0 Å². The van der Waals surface area contributed by atoms with E-state index >= 15 is 0 Å². The smallest absolute Gasteiger partial charge is 0.325 e. The molecule has 1 spiro atoms. The van der Waals surface area contributed by atoms with Gasteiger partial charge < -0.3 is 20.0 Å². The third kappa shape index (κ3) is 5.64. The van der Waals surface area contributed by atoms with Gasteiger partial charge in [-0.3, -0.25) is 9.69 Å². The molecule has 7 heteroatoms. The number of aryl methyl sites for hydroxylation is 1. The van der Waals surface area contributed by atoms with Gasteiger partial charge in [-0.25, -0.2) is 4.79 Å². The molecule has 31 heavy (non-hydrogen) atoms. The number of ketones is 1. The van der Waals surface area contributed by atoms with Gasteiger partial charge in [0.25, 0.3) is 5.91 Å². The van der Waals surface area contributed by atoms with Gasteiger partial charge in [0.1, 0.15) is 29.8 Å². The number of imide groups is 1. The van der Waals surface area contributed by atoms with E-state index in [2.05, 4.69) is 26.1 Å². The zero-order valence-corrected chi connectivity index (χ0v) is 18.9. The van der Waals surface area contributed by atoms with Gasteiger partial charge in [-0.1, -0.05) is 32.9 Å². The molecule has 1 aromatic rings. The van der Waals surface area contributed by atoms with Crippen LogP contribution >= 0.6 is 0 Å². The Bertz CT molecular complexity index is 835. The summed E-state index contributed by atoms with van der Waals surface area (Å²) in [6.07, 6.45) is 2.44. The predicted molar refractivity (Wildman–Crippen MR) is 117 cm³/mol. The van der Waals surface area contributed by atoms with E-state index in [1.54, 1.807) is 19.1 Å². The summed E-state index contributed by atoms with van der Waals surface area (Å²) in [7, 11) is 0. The Morgan fingerprint density at radius 1 is 1.26 bits per heavy atom. The highest BCUT2D eigenvalue weighted by Crippen LogP contribution is 2.46. The maximum atomic E-state index is 13.1. The molecule has 3 atom stereocenters. The number of hydrogen-bond acceptors (Lipinski definition) is 5. The van der Waals surface area contributed by atoms with E-state index in [0.29, 0.717) is 37.4 Å². The Morgan fingerprint density at radius 3 is 2.55 bits per heavy atom. The van der Waals surface area contributed by atoms with Gasteiger partial charge in [0.15, 0.2) is 0 Å². The third-order valence-electron chi connectivity index (χ3n) is 6.15. The zero-order chi connectivity index (χ0) is 22.8. The van der Waals surface area contributed by atoms with Crippen molar-refractivity contribution in [3.63, 3.8) is 0 Å². The van der Waals surface area contributed by atoms with Gasteiger partial charge in [0, 0.05) is 6.42 Å². The lowest BCUT2D eigenvalue weighted by Crippen LogP contribution is -2.54. The Morgan fingerprint density at radius 2 is 1.94 bits per heavy atom. The number of ether oxygens (including phenoxy) is 1. The van der Waals surface area contributed by atoms with Crippen molar-refractivity contribution in [2.24, 2.45) is 11.3 Å². The SMILES string of the molecule is CC(=O)CCc1ccc(OC[C@@H](O)CN2C(=O)N[C@]3(C[C@H](C)CC(C)(C)C3)C2=O)cc1. The van der Waals surface area contributed by atoms with Crippen molar-refractivity contribution < 1.29 is 24.2 Å². The first-order valence-electron chi connectivity index (χ1n) is 11.0. The number of nitrogens with one attached hydrogen (secondary N) is 1. The Hall–Kier alpha value is -2.41. The number of β-amino-alcohol motifs (C(OH)–C–C–N with tert-alkyl or cyclic N) is 1. The van der Waals surface area contributed by atoms with Gasteiger partial charge >= 0.3 is 6.03 Å². The van der Waals surface area contributed by atoms with Crippen LogP contribution in [0, 0.1) is 11.3 Å². The highest BCUT2D eigenvalue weighted by molar-refractivity contribution is 6.07. The summed E-state index contributed by atoms with van der Waals surface area (Å²) in [6, 6.07) is 6.91. The largest absolute Gasteiger partial charge is 0.491 e. The minimum atomic E-state index is -0.990. The van der Waals surface area contributed by atoms with E-state index < -0.39 is 17.7 Å². The molecule has 1 aliphatic carbocycles. The number of carbonyl (C=O) groups is 3. The van der Waals surface area contributed by atoms with Crippen LogP contribution in [0.2, 0.25) is 0 Å². The summed E-state index contributed by atoms with van der Waals surface area (Å²) in [6.45, 7) is 7.80. The van der Waals surface area contributed by atoms with Crippen LogP contribution in [0.25, 0.3) is 0 Å². The molecule has 3 rings (SSSR count). The van der Waals surface area contributed by atoms with E-state index in [4.69, 9.17) is 4.74 Å². The van der Waals surface area contributed by atoms with Crippen LogP contribution in [0.1, 0.15) is 58.9 Å². The maximum Gasteiger partial charge on any atom is 0.325 e. The Labute approximate surface area is 184 Å². The minimum absolute atomic E-state index is 0.0290. The summed E-state index contributed by atoms with van der Waals surface area (Å²) in [5.74, 6) is 0.824. The first-order valence-corrected chi connectivity index (χ1v) is 11.0. The highest BCUT2D eigenvalue weighted by atomic mass is 16.5. The van der Waals surface area contributed by atoms with Crippen molar-refractivity contribution in [3.8, 4) is 5.75 Å². The second kappa shape index (κ2) is 8.99. The van der Waals surface area contributed by atoms with E-state index in [1.165, 1.54) is 0 Å². The van der Waals surface area contributed by atoms with Crippen LogP contribution in [0.4, 0.5) is 4.79 Å². The number of hydrogen-bond donors (Lipinski definition) is 2. The molecule has 1 aliphatic heterocycles. The van der Waals surface area contributed by atoms with E-state index in [-0.39, 0.29) is 30.3 Å². The number of urea groups is 1. The molecule has 1 heterocycles. The number of amides is 3. The van der Waals surface area contributed by atoms with Crippen molar-refractivity contribution in [2.45, 2.75) is 71.4 Å². The van der Waals surface area contributed by atoms with Gasteiger partial charge in [-0.05, 0) is 61.6 Å². The molecule has 3 amide bonds. The van der Waals surface area contributed by atoms with E-state index in [1.807, 2.05) is 12.1 Å². The second-order valence-electron chi connectivity index (χ2n) is 10.1. The molecule has 2 aliphatic rings. The fourth-order valence-electron chi connectivity index (χ4n) is 5.20. The molecular formula is C24H34N2O5. The van der Waals surface area contributed by atoms with Crippen LogP contribution < -0.4 is 10.1 Å². The standard InChI is InChI=1S/C24H34N2O5/c1-16-11-23(3,4)15-24(12-16)21(29)26(22(30)25-24)13-19(28)14-31-20-9-7-18(8-10-20)6-5-17(2)27/h7-10,16,19,28H,5-6,11-15H2,1-4H3,(H,25,30)/t16-,19+,24+/m1/s1. The van der Waals surface area contributed by atoms with E-state index in [0.717, 1.165) is 16.9 Å². The molecule has 1 saturated carbocycles. The van der Waals surface area contributed by atoms with Crippen molar-refractivity contribution >= 4 is 17.7 Å². The molecule has 1 aromatic carbocycles. The van der Waals surface area contributed by atoms with Gasteiger partial charge in [0.05, 0.1) is 6.54 Å². The fraction of sp³-hybridized carbons (Fsp3) is 0.625. The highest BCUT2D eigenvalue weighted by Gasteiger charge is 2.56. The van der Waals surface area contributed by atoms with Crippen molar-refractivity contribution in [2.75, 3.05) is 13.2 Å². The second-order valence-corrected chi connectivity index (χ2v) is 10.1. The van der Waals surface area contributed by atoms with Crippen LogP contribution in [0.15, 0.2) is 24.3 Å². The molecule has 0 unspecified atom stereocenters. The maximum absolute atomic E-state index is 13.1. The molecule has 1 saturated heterocycles. The number of aliphatic hydroxyl groups is 1. The summed E-state index contributed by atoms with van der Waals surface area (Å²) in [4.78, 5) is 37.9. The monoisotopic (exact) mass is 430 g/mol. The van der Waals surface area contributed by atoms with Crippen LogP contribution in [-0.2, 0) is 16.0 Å². The molecular weight excluding hydrogens is 396 g/mol. The van der Waals surface area contributed by atoms with Crippen molar-refractivity contribution in [3.05, 3.63) is 29.8 Å². The van der Waals surface area contributed by atoms with Gasteiger partial charge in [-0.15, -0.1) is 0 Å². The third-order valence-corrected chi connectivity index (χ3v) is 6.15. The first kappa shape index (κ1) is 23.3. The molecule has 0 radical (unpaired) electrons.